The van der Waals surface area contributed by atoms with Crippen molar-refractivity contribution in [3.8, 4) is 0 Å². The van der Waals surface area contributed by atoms with Crippen LogP contribution in [0.4, 0.5) is 0 Å². The van der Waals surface area contributed by atoms with Crippen molar-refractivity contribution in [2.75, 3.05) is 7.11 Å². The maximum atomic E-state index is 13.6. The number of hydrogen-bond donors (Lipinski definition) is 2. The Kier molecular flexibility index (Phi) is 14.6. The number of fused-ring (bicyclic) bond motifs is 5. The Bertz CT molecular complexity index is 2110. The predicted molar refractivity (Wildman–Crippen MR) is 245 cm³/mol. The zero-order chi connectivity index (χ0) is 42.5. The molecule has 8 nitrogen and oxygen atoms in total. The highest BCUT2D eigenvalue weighted by Crippen LogP contribution is 2.50. The average Bonchev–Trinajstić information content (AvgIpc) is 3.95. The number of carbonyl (C=O) groups excluding carboxylic acids is 2. The van der Waals surface area contributed by atoms with Gasteiger partial charge < -0.3 is 14.8 Å². The summed E-state index contributed by atoms with van der Waals surface area (Å²) >= 11 is 4.99. The number of nitrogens with zero attached hydrogens (tertiary/aromatic N) is 3. The van der Waals surface area contributed by atoms with Crippen molar-refractivity contribution in [3.63, 3.8) is 0 Å². The highest BCUT2D eigenvalue weighted by Gasteiger charge is 2.47. The monoisotopic (exact) mass is 818 g/mol. The number of esters is 2. The van der Waals surface area contributed by atoms with Crippen LogP contribution in [0.2, 0.25) is 0 Å². The number of rotatable bonds is 17. The zero-order valence-corrected chi connectivity index (χ0v) is 38.0. The van der Waals surface area contributed by atoms with Crippen LogP contribution in [0.5, 0.6) is 0 Å². The third-order valence-corrected chi connectivity index (χ3v) is 13.3. The summed E-state index contributed by atoms with van der Waals surface area (Å²) in [6.45, 7) is 19.7. The molecule has 0 aromatic heterocycles. The van der Waals surface area contributed by atoms with Crippen LogP contribution in [-0.2, 0) is 19.1 Å². The molecule has 0 spiro atoms. The lowest BCUT2D eigenvalue weighted by atomic mass is 9.84. The van der Waals surface area contributed by atoms with Gasteiger partial charge in [-0.3, -0.25) is 9.59 Å². The molecule has 1 saturated heterocycles. The van der Waals surface area contributed by atoms with Crippen molar-refractivity contribution < 1.29 is 19.1 Å². The predicted octanol–water partition coefficient (Wildman–Crippen LogP) is 11.9. The molecule has 0 aromatic carbocycles. The summed E-state index contributed by atoms with van der Waals surface area (Å²) in [5.41, 5.74) is 12.4. The van der Waals surface area contributed by atoms with Crippen LogP contribution in [0.1, 0.15) is 133 Å². The Morgan fingerprint density at radius 2 is 1.56 bits per heavy atom. The second kappa shape index (κ2) is 19.4. The fourth-order valence-electron chi connectivity index (χ4n) is 9.16. The van der Waals surface area contributed by atoms with E-state index in [0.29, 0.717) is 23.0 Å². The van der Waals surface area contributed by atoms with Gasteiger partial charge in [0.05, 0.1) is 47.6 Å². The first-order valence-electron chi connectivity index (χ1n) is 22.0. The van der Waals surface area contributed by atoms with Gasteiger partial charge in [0.2, 0.25) is 0 Å². The Balaban J connectivity index is 1.17. The van der Waals surface area contributed by atoms with E-state index in [2.05, 4.69) is 65.1 Å². The van der Waals surface area contributed by atoms with Gasteiger partial charge in [0.25, 0.3) is 0 Å². The molecule has 59 heavy (non-hydrogen) atoms. The van der Waals surface area contributed by atoms with Gasteiger partial charge in [0.1, 0.15) is 5.92 Å². The van der Waals surface area contributed by atoms with Crippen LogP contribution < -0.4 is 5.32 Å². The zero-order valence-electron chi connectivity index (χ0n) is 37.1. The minimum absolute atomic E-state index is 0.0220. The van der Waals surface area contributed by atoms with E-state index in [0.717, 1.165) is 98.0 Å². The van der Waals surface area contributed by atoms with Gasteiger partial charge >= 0.3 is 11.9 Å². The van der Waals surface area contributed by atoms with E-state index < -0.39 is 11.9 Å². The summed E-state index contributed by atoms with van der Waals surface area (Å²) in [6, 6.07) is 0. The maximum absolute atomic E-state index is 13.6. The molecular weight excluding hydrogens is 753 g/mol. The summed E-state index contributed by atoms with van der Waals surface area (Å²) < 4.78 is 11.1. The topological polar surface area (TPSA) is 102 Å². The van der Waals surface area contributed by atoms with Crippen molar-refractivity contribution in [3.05, 3.63) is 103 Å². The molecule has 0 radical (unpaired) electrons. The van der Waals surface area contributed by atoms with Crippen LogP contribution >= 0.6 is 12.6 Å². The molecule has 0 amide bonds. The molecule has 1 fully saturated rings. The molecule has 316 valence electrons. The highest BCUT2D eigenvalue weighted by atomic mass is 32.1. The molecule has 5 heterocycles. The summed E-state index contributed by atoms with van der Waals surface area (Å²) in [5, 5.41) is 3.74. The Hall–Kier alpha value is -4.24. The number of methoxy groups -OCH3 is 1. The third-order valence-electron chi connectivity index (χ3n) is 12.9. The maximum Gasteiger partial charge on any atom is 0.318 e. The van der Waals surface area contributed by atoms with E-state index >= 15 is 0 Å². The van der Waals surface area contributed by atoms with Crippen molar-refractivity contribution >= 4 is 41.7 Å². The Morgan fingerprint density at radius 1 is 0.864 bits per heavy atom. The van der Waals surface area contributed by atoms with Crippen LogP contribution in [0.15, 0.2) is 118 Å². The first kappa shape index (κ1) is 44.3. The SMILES string of the molecule is COC(=O)C1C(S)=C2C3=NC(=C2C)C=C2N=C(C=C4C=C(C)C(=N4)C=C4NC(=C31)C(CCC(=O)O/C=C(\C)CCCC(C)CCCC(C)CCCC(C)C)C4C)C=C2C. The molecule has 5 aliphatic heterocycles. The smallest absolute Gasteiger partial charge is 0.318 e. The van der Waals surface area contributed by atoms with Gasteiger partial charge in [-0.1, -0.05) is 79.6 Å². The lowest BCUT2D eigenvalue weighted by Gasteiger charge is -2.20. The largest absolute Gasteiger partial charge is 0.468 e. The second-order valence-corrected chi connectivity index (χ2v) is 18.8. The molecule has 6 aliphatic rings. The van der Waals surface area contributed by atoms with E-state index in [-0.39, 0.29) is 24.2 Å². The first-order valence-corrected chi connectivity index (χ1v) is 22.5. The fraction of sp³-hybridized carbons (Fsp3) is 0.540. The van der Waals surface area contributed by atoms with Crippen molar-refractivity contribution in [2.24, 2.45) is 50.5 Å². The summed E-state index contributed by atoms with van der Waals surface area (Å²) in [6.07, 6.45) is 23.8. The molecule has 1 N–H and O–H groups in total. The van der Waals surface area contributed by atoms with E-state index in [1.54, 1.807) is 6.26 Å². The van der Waals surface area contributed by atoms with E-state index in [1.165, 1.54) is 52.1 Å². The van der Waals surface area contributed by atoms with Crippen molar-refractivity contribution in [1.82, 2.24) is 5.32 Å². The lowest BCUT2D eigenvalue weighted by Crippen LogP contribution is -2.24. The number of aliphatic imine (C=N–C) groups is 3. The lowest BCUT2D eigenvalue weighted by molar-refractivity contribution is -0.142. The summed E-state index contributed by atoms with van der Waals surface area (Å²) in [5.74, 6) is 0.738. The normalized spacial score (nSPS) is 23.4. The highest BCUT2D eigenvalue weighted by molar-refractivity contribution is 7.84. The number of hydrogen-bond acceptors (Lipinski definition) is 9. The summed E-state index contributed by atoms with van der Waals surface area (Å²) in [7, 11) is 1.41. The first-order chi connectivity index (χ1) is 28.1. The van der Waals surface area contributed by atoms with Gasteiger partial charge in [-0.25, -0.2) is 15.0 Å². The molecule has 0 saturated carbocycles. The number of allylic oxidation sites excluding steroid dienone is 12. The molecule has 5 unspecified atom stereocenters. The molecule has 6 rings (SSSR count). The van der Waals surface area contributed by atoms with Crippen LogP contribution in [0, 0.1) is 35.5 Å². The standard InChI is InChI=1S/C50H66N4O4S/c1-28(2)14-11-15-29(3)16-12-17-30(4)18-13-19-31(5)27-58-43(55)21-20-38-34(8)41-25-39-32(6)22-36(51-39)24-37-23-33(7)40(52-37)26-42-35(9)44-48(54-42)45(47(38)53-41)46(49(44)59)50(56)57-10/h22-30,34,38,46,53,59H,11-21H2,1-10H3/b31-27+,36-24?,40-26?,41-25?,47-45?. The number of nitrogens with one attached hydrogen (secondary N) is 1. The quantitative estimate of drug-likeness (QED) is 0.0864. The fourth-order valence-corrected chi connectivity index (χ4v) is 9.67. The molecule has 9 heteroatoms. The van der Waals surface area contributed by atoms with Gasteiger partial charge in [0.15, 0.2) is 0 Å². The number of thiol groups is 1. The third kappa shape index (κ3) is 10.4. The average molecular weight is 819 g/mol. The van der Waals surface area contributed by atoms with Gasteiger partial charge in [0, 0.05) is 45.7 Å². The van der Waals surface area contributed by atoms with Gasteiger partial charge in [-0.2, -0.15) is 0 Å². The number of ether oxygens (including phenoxy) is 2. The number of carbonyl (C=O) groups is 2. The Labute approximate surface area is 358 Å². The van der Waals surface area contributed by atoms with Crippen LogP contribution in [0.25, 0.3) is 0 Å². The molecule has 1 aliphatic carbocycles. The molecule has 0 aromatic rings. The molecule has 5 atom stereocenters. The van der Waals surface area contributed by atoms with E-state index in [4.69, 9.17) is 37.1 Å². The van der Waals surface area contributed by atoms with Gasteiger partial charge in [-0.05, 0) is 117 Å². The molecule has 8 bridgehead atoms. The van der Waals surface area contributed by atoms with E-state index in [9.17, 15) is 9.59 Å². The second-order valence-electron chi connectivity index (χ2n) is 18.3. The van der Waals surface area contributed by atoms with Crippen molar-refractivity contribution in [1.29, 1.82) is 0 Å². The minimum Gasteiger partial charge on any atom is -0.468 e. The minimum atomic E-state index is -0.752. The van der Waals surface area contributed by atoms with Gasteiger partial charge in [-0.15, -0.1) is 12.6 Å². The van der Waals surface area contributed by atoms with Crippen LogP contribution in [0.3, 0.4) is 0 Å². The van der Waals surface area contributed by atoms with E-state index in [1.807, 2.05) is 32.9 Å². The van der Waals surface area contributed by atoms with Crippen molar-refractivity contribution in [2.45, 2.75) is 133 Å². The summed E-state index contributed by atoms with van der Waals surface area (Å²) in [4.78, 5) is 42.7. The molecular formula is C50H66N4O4S. The Morgan fingerprint density at radius 3 is 2.25 bits per heavy atom. The van der Waals surface area contributed by atoms with Crippen LogP contribution in [-0.4, -0.2) is 36.2 Å².